The molecule has 0 heterocycles. The van der Waals surface area contributed by atoms with Gasteiger partial charge in [-0.2, -0.15) is 0 Å². The van der Waals surface area contributed by atoms with Gasteiger partial charge in [0.2, 0.25) is 0 Å². The first-order valence-electron chi connectivity index (χ1n) is 8.64. The van der Waals surface area contributed by atoms with Crippen molar-refractivity contribution in [2.75, 3.05) is 11.9 Å². The van der Waals surface area contributed by atoms with E-state index in [4.69, 9.17) is 16.3 Å². The Morgan fingerprint density at radius 2 is 2.04 bits per heavy atom. The van der Waals surface area contributed by atoms with E-state index in [9.17, 15) is 9.59 Å². The minimum Gasteiger partial charge on any atom is -0.456 e. The molecule has 2 aliphatic carbocycles. The number of hydrogen-bond acceptors (Lipinski definition) is 3. The first kappa shape index (κ1) is 17.3. The minimum atomic E-state index is -0.356. The van der Waals surface area contributed by atoms with Crippen molar-refractivity contribution < 1.29 is 14.3 Å². The third kappa shape index (κ3) is 3.92. The largest absolute Gasteiger partial charge is 0.456 e. The Morgan fingerprint density at radius 1 is 1.25 bits per heavy atom. The quantitative estimate of drug-likeness (QED) is 0.808. The molecular formula is C19H24ClNO3. The molecule has 0 aromatic heterocycles. The number of ether oxygens (including phenoxy) is 1. The zero-order valence-electron chi connectivity index (χ0n) is 14.2. The number of halogens is 1. The van der Waals surface area contributed by atoms with Crippen LogP contribution in [0.2, 0.25) is 5.02 Å². The first-order chi connectivity index (χ1) is 11.4. The van der Waals surface area contributed by atoms with Crippen molar-refractivity contribution in [3.63, 3.8) is 0 Å². The number of rotatable bonds is 5. The third-order valence-electron chi connectivity index (χ3n) is 5.37. The zero-order valence-corrected chi connectivity index (χ0v) is 15.0. The zero-order chi connectivity index (χ0) is 17.3. The summed E-state index contributed by atoms with van der Waals surface area (Å²) in [5.41, 5.74) is 2.51. The van der Waals surface area contributed by atoms with E-state index in [0.29, 0.717) is 29.0 Å². The van der Waals surface area contributed by atoms with Crippen molar-refractivity contribution >= 4 is 29.2 Å². The number of hydrogen-bond donors (Lipinski definition) is 1. The van der Waals surface area contributed by atoms with E-state index in [0.717, 1.165) is 23.5 Å². The van der Waals surface area contributed by atoms with E-state index in [1.54, 1.807) is 6.07 Å². The Hall–Kier alpha value is -1.55. The highest BCUT2D eigenvalue weighted by molar-refractivity contribution is 6.34. The molecule has 1 aromatic carbocycles. The lowest BCUT2D eigenvalue weighted by molar-refractivity contribution is -0.148. The van der Waals surface area contributed by atoms with Crippen molar-refractivity contribution in [2.24, 2.45) is 17.8 Å². The molecule has 0 saturated heterocycles. The Kier molecular flexibility index (Phi) is 5.14. The summed E-state index contributed by atoms with van der Waals surface area (Å²) in [5, 5.41) is 3.23. The van der Waals surface area contributed by atoms with Gasteiger partial charge < -0.3 is 10.1 Å². The molecule has 3 atom stereocenters. The van der Waals surface area contributed by atoms with Gasteiger partial charge in [0.05, 0.1) is 10.7 Å². The summed E-state index contributed by atoms with van der Waals surface area (Å²) in [5.74, 6) is 1.32. The summed E-state index contributed by atoms with van der Waals surface area (Å²) in [6, 6.07) is 3.74. The molecule has 1 amide bonds. The van der Waals surface area contributed by atoms with Crippen LogP contribution in [0.15, 0.2) is 12.1 Å². The van der Waals surface area contributed by atoms with Gasteiger partial charge in [0.15, 0.2) is 6.61 Å². The average molecular weight is 350 g/mol. The van der Waals surface area contributed by atoms with Crippen LogP contribution in [0.5, 0.6) is 0 Å². The van der Waals surface area contributed by atoms with E-state index in [-0.39, 0.29) is 18.5 Å². The number of benzene rings is 1. The molecule has 2 saturated carbocycles. The number of anilines is 1. The summed E-state index contributed by atoms with van der Waals surface area (Å²) in [6.45, 7) is 3.57. The van der Waals surface area contributed by atoms with Crippen LogP contribution in [0, 0.1) is 31.6 Å². The van der Waals surface area contributed by atoms with E-state index >= 15 is 0 Å². The van der Waals surface area contributed by atoms with Crippen molar-refractivity contribution in [3.8, 4) is 0 Å². The number of esters is 1. The maximum Gasteiger partial charge on any atom is 0.306 e. The van der Waals surface area contributed by atoms with E-state index in [1.165, 1.54) is 19.3 Å². The Bertz CT molecular complexity index is 635. The Balaban J connectivity index is 1.46. The second kappa shape index (κ2) is 7.14. The molecule has 5 heteroatoms. The summed E-state index contributed by atoms with van der Waals surface area (Å²) in [7, 11) is 0. The van der Waals surface area contributed by atoms with Crippen LogP contribution in [-0.2, 0) is 14.3 Å². The molecule has 2 bridgehead atoms. The van der Waals surface area contributed by atoms with Crippen LogP contribution < -0.4 is 5.32 Å². The Labute approximate surface area is 147 Å². The summed E-state index contributed by atoms with van der Waals surface area (Å²) in [4.78, 5) is 24.0. The highest BCUT2D eigenvalue weighted by Crippen LogP contribution is 2.49. The summed E-state index contributed by atoms with van der Waals surface area (Å²) >= 11 is 6.17. The normalized spacial score (nSPS) is 24.9. The van der Waals surface area contributed by atoms with E-state index in [2.05, 4.69) is 5.32 Å². The molecule has 24 heavy (non-hydrogen) atoms. The number of amides is 1. The predicted molar refractivity (Wildman–Crippen MR) is 94.1 cm³/mol. The minimum absolute atomic E-state index is 0.261. The fourth-order valence-corrected chi connectivity index (χ4v) is 4.66. The molecule has 2 aliphatic rings. The smallest absolute Gasteiger partial charge is 0.306 e. The maximum absolute atomic E-state index is 12.0. The number of carbonyl (C=O) groups is 2. The molecule has 0 radical (unpaired) electrons. The van der Waals surface area contributed by atoms with Crippen molar-refractivity contribution in [3.05, 3.63) is 28.3 Å². The second-order valence-electron chi connectivity index (χ2n) is 7.29. The van der Waals surface area contributed by atoms with Gasteiger partial charge in [-0.1, -0.05) is 24.1 Å². The van der Waals surface area contributed by atoms with Gasteiger partial charge in [-0.3, -0.25) is 9.59 Å². The summed E-state index contributed by atoms with van der Waals surface area (Å²) in [6.07, 6.45) is 5.41. The number of nitrogens with one attached hydrogen (secondary N) is 1. The maximum atomic E-state index is 12.0. The molecule has 0 spiro atoms. The monoisotopic (exact) mass is 349 g/mol. The second-order valence-corrected chi connectivity index (χ2v) is 7.69. The van der Waals surface area contributed by atoms with Gasteiger partial charge in [-0.15, -0.1) is 0 Å². The van der Waals surface area contributed by atoms with Crippen molar-refractivity contribution in [1.29, 1.82) is 0 Å². The molecule has 1 aromatic rings. The van der Waals surface area contributed by atoms with Crippen LogP contribution in [0.4, 0.5) is 5.69 Å². The topological polar surface area (TPSA) is 55.4 Å². The third-order valence-corrected chi connectivity index (χ3v) is 5.67. The van der Waals surface area contributed by atoms with Crippen LogP contribution in [-0.4, -0.2) is 18.5 Å². The van der Waals surface area contributed by atoms with Crippen LogP contribution in [0.3, 0.4) is 0 Å². The van der Waals surface area contributed by atoms with Gasteiger partial charge in [-0.05, 0) is 68.1 Å². The number of carbonyl (C=O) groups excluding carboxylic acids is 2. The fourth-order valence-electron chi connectivity index (χ4n) is 4.30. The molecule has 0 unspecified atom stereocenters. The number of aryl methyl sites for hydroxylation is 2. The summed E-state index contributed by atoms with van der Waals surface area (Å²) < 4.78 is 5.16. The molecule has 0 aliphatic heterocycles. The van der Waals surface area contributed by atoms with Crippen LogP contribution in [0.1, 0.15) is 43.2 Å². The lowest BCUT2D eigenvalue weighted by atomic mass is 9.86. The SMILES string of the molecule is Cc1cc(C)c(NC(=O)COC(=O)C[C@H]2C[C@H]3CC[C@@H]2C3)c(Cl)c1. The number of fused-ring (bicyclic) bond motifs is 2. The van der Waals surface area contributed by atoms with Crippen molar-refractivity contribution in [2.45, 2.75) is 46.0 Å². The van der Waals surface area contributed by atoms with Crippen molar-refractivity contribution in [1.82, 2.24) is 0 Å². The lowest BCUT2D eigenvalue weighted by Gasteiger charge is -2.20. The first-order valence-corrected chi connectivity index (χ1v) is 9.02. The molecule has 1 N–H and O–H groups in total. The van der Waals surface area contributed by atoms with Crippen LogP contribution >= 0.6 is 11.6 Å². The molecule has 4 nitrogen and oxygen atoms in total. The Morgan fingerprint density at radius 3 is 2.67 bits per heavy atom. The molecular weight excluding hydrogens is 326 g/mol. The fraction of sp³-hybridized carbons (Fsp3) is 0.579. The predicted octanol–water partition coefficient (Wildman–Crippen LogP) is 4.26. The standard InChI is InChI=1S/C19H24ClNO3/c1-11-5-12(2)19(16(20)6-11)21-17(22)10-24-18(23)9-15-8-13-3-4-14(15)7-13/h5-6,13-15H,3-4,7-10H2,1-2H3,(H,21,22)/t13-,14+,15+/m0/s1. The van der Waals surface area contributed by atoms with Gasteiger partial charge in [0.25, 0.3) is 5.91 Å². The van der Waals surface area contributed by atoms with Crippen LogP contribution in [0.25, 0.3) is 0 Å². The van der Waals surface area contributed by atoms with Gasteiger partial charge >= 0.3 is 5.97 Å². The van der Waals surface area contributed by atoms with E-state index in [1.807, 2.05) is 19.9 Å². The highest BCUT2D eigenvalue weighted by Gasteiger charge is 2.40. The molecule has 130 valence electrons. The van der Waals surface area contributed by atoms with Gasteiger partial charge in [0, 0.05) is 6.42 Å². The van der Waals surface area contributed by atoms with Gasteiger partial charge in [-0.25, -0.2) is 0 Å². The van der Waals surface area contributed by atoms with E-state index < -0.39 is 0 Å². The lowest BCUT2D eigenvalue weighted by Crippen LogP contribution is -2.23. The molecule has 2 fully saturated rings. The molecule has 3 rings (SSSR count). The highest BCUT2D eigenvalue weighted by atomic mass is 35.5. The average Bonchev–Trinajstić information content (AvgIpc) is 3.11. The van der Waals surface area contributed by atoms with Gasteiger partial charge in [0.1, 0.15) is 0 Å².